The monoisotopic (exact) mass is 320 g/mol. The summed E-state index contributed by atoms with van der Waals surface area (Å²) < 4.78 is 0. The zero-order valence-corrected chi connectivity index (χ0v) is 13.5. The van der Waals surface area contributed by atoms with Gasteiger partial charge in [0.1, 0.15) is 0 Å². The highest BCUT2D eigenvalue weighted by atomic mass is 16.1. The van der Waals surface area contributed by atoms with Crippen molar-refractivity contribution >= 4 is 17.3 Å². The molecule has 1 aliphatic carbocycles. The fourth-order valence-electron chi connectivity index (χ4n) is 2.94. The Balaban J connectivity index is 1.66. The molecule has 122 valence electrons. The highest BCUT2D eigenvalue weighted by molar-refractivity contribution is 5.95. The molecule has 0 aliphatic heterocycles. The lowest BCUT2D eigenvalue weighted by molar-refractivity contribution is 0.0927. The van der Waals surface area contributed by atoms with Crippen molar-refractivity contribution in [3.63, 3.8) is 0 Å². The zero-order chi connectivity index (χ0) is 16.8. The molecule has 1 saturated carbocycles. The van der Waals surface area contributed by atoms with Gasteiger partial charge in [0.2, 0.25) is 0 Å². The van der Waals surface area contributed by atoms with Gasteiger partial charge in [-0.3, -0.25) is 9.78 Å². The van der Waals surface area contributed by atoms with Crippen LogP contribution < -0.4 is 10.6 Å². The van der Waals surface area contributed by atoms with E-state index in [1.807, 2.05) is 12.1 Å². The van der Waals surface area contributed by atoms with Crippen molar-refractivity contribution in [3.05, 3.63) is 53.9 Å². The van der Waals surface area contributed by atoms with Gasteiger partial charge in [0.25, 0.3) is 5.91 Å². The van der Waals surface area contributed by atoms with Gasteiger partial charge in [0.15, 0.2) is 0 Å². The highest BCUT2D eigenvalue weighted by Crippen LogP contribution is 2.19. The van der Waals surface area contributed by atoms with E-state index in [4.69, 9.17) is 5.26 Å². The Morgan fingerprint density at radius 3 is 2.54 bits per heavy atom. The van der Waals surface area contributed by atoms with Gasteiger partial charge in [-0.2, -0.15) is 5.26 Å². The average Bonchev–Trinajstić information content (AvgIpc) is 2.63. The Labute approximate surface area is 141 Å². The summed E-state index contributed by atoms with van der Waals surface area (Å²) in [4.78, 5) is 16.5. The van der Waals surface area contributed by atoms with Crippen molar-refractivity contribution in [2.24, 2.45) is 0 Å². The van der Waals surface area contributed by atoms with Gasteiger partial charge < -0.3 is 10.6 Å². The largest absolute Gasteiger partial charge is 0.354 e. The molecule has 5 nitrogen and oxygen atoms in total. The number of nitrogens with zero attached hydrogens (tertiary/aromatic N) is 2. The van der Waals surface area contributed by atoms with Crippen LogP contribution in [-0.2, 0) is 0 Å². The topological polar surface area (TPSA) is 77.8 Å². The summed E-state index contributed by atoms with van der Waals surface area (Å²) in [5.74, 6) is -0.0714. The van der Waals surface area contributed by atoms with E-state index in [0.29, 0.717) is 11.1 Å². The van der Waals surface area contributed by atoms with Crippen LogP contribution in [0.1, 0.15) is 48.0 Å². The first-order valence-electron chi connectivity index (χ1n) is 8.28. The van der Waals surface area contributed by atoms with Crippen molar-refractivity contribution in [1.82, 2.24) is 10.3 Å². The molecule has 0 bridgehead atoms. The number of anilines is 2. The number of pyridine rings is 1. The van der Waals surface area contributed by atoms with Gasteiger partial charge in [-0.1, -0.05) is 19.3 Å². The van der Waals surface area contributed by atoms with Crippen LogP contribution in [0.15, 0.2) is 42.7 Å². The van der Waals surface area contributed by atoms with Gasteiger partial charge in [-0.25, -0.2) is 0 Å². The molecule has 5 heteroatoms. The predicted octanol–water partition coefficient (Wildman–Crippen LogP) is 3.76. The zero-order valence-electron chi connectivity index (χ0n) is 13.5. The van der Waals surface area contributed by atoms with E-state index in [-0.39, 0.29) is 11.9 Å². The summed E-state index contributed by atoms with van der Waals surface area (Å²) >= 11 is 0. The first kappa shape index (κ1) is 16.0. The lowest BCUT2D eigenvalue weighted by Gasteiger charge is -2.22. The summed E-state index contributed by atoms with van der Waals surface area (Å²) in [6.45, 7) is 0. The van der Waals surface area contributed by atoms with E-state index in [0.717, 1.165) is 24.2 Å². The fourth-order valence-corrected chi connectivity index (χ4v) is 2.94. The first-order chi connectivity index (χ1) is 11.7. The number of amides is 1. The molecule has 1 heterocycles. The molecule has 1 fully saturated rings. The van der Waals surface area contributed by atoms with Gasteiger partial charge in [0.05, 0.1) is 29.1 Å². The second-order valence-corrected chi connectivity index (χ2v) is 6.08. The molecule has 0 spiro atoms. The first-order valence-corrected chi connectivity index (χ1v) is 8.28. The third-order valence-electron chi connectivity index (χ3n) is 4.24. The van der Waals surface area contributed by atoms with E-state index >= 15 is 0 Å². The molecule has 0 unspecified atom stereocenters. The number of benzene rings is 1. The van der Waals surface area contributed by atoms with Gasteiger partial charge >= 0.3 is 0 Å². The van der Waals surface area contributed by atoms with Crippen LogP contribution in [-0.4, -0.2) is 16.9 Å². The lowest BCUT2D eigenvalue weighted by atomic mass is 9.95. The maximum Gasteiger partial charge on any atom is 0.253 e. The second-order valence-electron chi connectivity index (χ2n) is 6.08. The standard InChI is InChI=1S/C19H20N4O/c20-11-14-6-8-17(9-7-14)22-18-10-15(12-21-13-18)19(24)23-16-4-2-1-3-5-16/h6-10,12-13,16,22H,1-5H2,(H,23,24). The summed E-state index contributed by atoms with van der Waals surface area (Å²) in [5.41, 5.74) is 2.76. The second kappa shape index (κ2) is 7.60. The van der Waals surface area contributed by atoms with E-state index in [1.165, 1.54) is 19.3 Å². The van der Waals surface area contributed by atoms with Crippen LogP contribution in [0, 0.1) is 11.3 Å². The van der Waals surface area contributed by atoms with Crippen LogP contribution in [0.2, 0.25) is 0 Å². The SMILES string of the molecule is N#Cc1ccc(Nc2cncc(C(=O)NC3CCCCC3)c2)cc1. The van der Waals surface area contributed by atoms with Gasteiger partial charge in [-0.15, -0.1) is 0 Å². The minimum absolute atomic E-state index is 0.0714. The van der Waals surface area contributed by atoms with E-state index in [9.17, 15) is 4.79 Å². The van der Waals surface area contributed by atoms with Gasteiger partial charge in [0, 0.05) is 17.9 Å². The molecule has 24 heavy (non-hydrogen) atoms. The molecule has 2 N–H and O–H groups in total. The maximum atomic E-state index is 12.4. The van der Waals surface area contributed by atoms with Crippen molar-refractivity contribution < 1.29 is 4.79 Å². The Bertz CT molecular complexity index is 743. The molecule has 1 aromatic heterocycles. The van der Waals surface area contributed by atoms with Crippen LogP contribution in [0.4, 0.5) is 11.4 Å². The number of hydrogen-bond acceptors (Lipinski definition) is 4. The third-order valence-corrected chi connectivity index (χ3v) is 4.24. The molecule has 1 amide bonds. The van der Waals surface area contributed by atoms with Crippen molar-refractivity contribution in [3.8, 4) is 6.07 Å². The van der Waals surface area contributed by atoms with Crippen LogP contribution >= 0.6 is 0 Å². The summed E-state index contributed by atoms with van der Waals surface area (Å²) in [7, 11) is 0. The molecule has 2 aromatic rings. The summed E-state index contributed by atoms with van der Waals surface area (Å²) in [5, 5.41) is 15.1. The molecular formula is C19H20N4O. The Kier molecular flexibility index (Phi) is 5.07. The van der Waals surface area contributed by atoms with Crippen molar-refractivity contribution in [1.29, 1.82) is 5.26 Å². The minimum Gasteiger partial charge on any atom is -0.354 e. The molecule has 0 saturated heterocycles. The van der Waals surface area contributed by atoms with Crippen molar-refractivity contribution in [2.45, 2.75) is 38.1 Å². The number of rotatable bonds is 4. The Morgan fingerprint density at radius 1 is 1.08 bits per heavy atom. The fraction of sp³-hybridized carbons (Fsp3) is 0.316. The molecule has 1 aliphatic rings. The quantitative estimate of drug-likeness (QED) is 0.899. The van der Waals surface area contributed by atoms with Crippen LogP contribution in [0.25, 0.3) is 0 Å². The lowest BCUT2D eigenvalue weighted by Crippen LogP contribution is -2.36. The number of hydrogen-bond donors (Lipinski definition) is 2. The van der Waals surface area contributed by atoms with Gasteiger partial charge in [-0.05, 0) is 43.2 Å². The van der Waals surface area contributed by atoms with E-state index in [2.05, 4.69) is 21.7 Å². The highest BCUT2D eigenvalue weighted by Gasteiger charge is 2.17. The maximum absolute atomic E-state index is 12.4. The number of nitriles is 1. The Hall–Kier alpha value is -2.87. The summed E-state index contributed by atoms with van der Waals surface area (Å²) in [6.07, 6.45) is 9.01. The molecule has 1 aromatic carbocycles. The average molecular weight is 320 g/mol. The van der Waals surface area contributed by atoms with E-state index in [1.54, 1.807) is 30.6 Å². The molecule has 0 atom stereocenters. The number of nitrogens with one attached hydrogen (secondary N) is 2. The predicted molar refractivity (Wildman–Crippen MR) is 93.0 cm³/mol. The summed E-state index contributed by atoms with van der Waals surface area (Å²) in [6, 6.07) is 11.3. The number of carbonyl (C=O) groups is 1. The smallest absolute Gasteiger partial charge is 0.253 e. The van der Waals surface area contributed by atoms with Crippen molar-refractivity contribution in [2.75, 3.05) is 5.32 Å². The number of aromatic nitrogens is 1. The minimum atomic E-state index is -0.0714. The van der Waals surface area contributed by atoms with E-state index < -0.39 is 0 Å². The van der Waals surface area contributed by atoms with Crippen LogP contribution in [0.5, 0.6) is 0 Å². The molecule has 0 radical (unpaired) electrons. The normalized spacial score (nSPS) is 14.6. The molecular weight excluding hydrogens is 300 g/mol. The molecule has 3 rings (SSSR count). The third kappa shape index (κ3) is 4.11. The Morgan fingerprint density at radius 2 is 1.83 bits per heavy atom. The number of carbonyl (C=O) groups excluding carboxylic acids is 1. The van der Waals surface area contributed by atoms with Crippen LogP contribution in [0.3, 0.4) is 0 Å².